The predicted molar refractivity (Wildman–Crippen MR) is 75.9 cm³/mol. The van der Waals surface area contributed by atoms with Crippen LogP contribution in [0.5, 0.6) is 0 Å². The Kier molecular flexibility index (Phi) is 5.03. The summed E-state index contributed by atoms with van der Waals surface area (Å²) in [5.74, 6) is -1.01. The van der Waals surface area contributed by atoms with Gasteiger partial charge in [0.15, 0.2) is 0 Å². The molecule has 0 unspecified atom stereocenters. The summed E-state index contributed by atoms with van der Waals surface area (Å²) in [4.78, 5) is 18.7. The topological polar surface area (TPSA) is 75.1 Å². The minimum Gasteiger partial charge on any atom is -0.478 e. The van der Waals surface area contributed by atoms with Crippen LogP contribution in [-0.4, -0.2) is 27.6 Å². The molecule has 1 heterocycles. The second-order valence-corrected chi connectivity index (χ2v) is 4.68. The van der Waals surface area contributed by atoms with Gasteiger partial charge in [0.25, 0.3) is 0 Å². The summed E-state index contributed by atoms with van der Waals surface area (Å²) in [6.07, 6.45) is 3.50. The van der Waals surface area contributed by atoms with E-state index >= 15 is 0 Å². The van der Waals surface area contributed by atoms with Gasteiger partial charge in [-0.15, -0.1) is 0 Å². The molecule has 0 saturated carbocycles. The number of carboxylic acids is 1. The molecule has 104 valence electrons. The first-order chi connectivity index (χ1) is 9.66. The first kappa shape index (κ1) is 14.4. The predicted octanol–water partition coefficient (Wildman–Crippen LogP) is 2.16. The maximum Gasteiger partial charge on any atom is 0.339 e. The Bertz CT molecular complexity index is 587. The molecule has 1 aromatic heterocycles. The van der Waals surface area contributed by atoms with Gasteiger partial charge in [0, 0.05) is 17.8 Å². The Hall–Kier alpha value is -1.98. The second kappa shape index (κ2) is 6.98. The fraction of sp³-hybridized carbons (Fsp3) is 0.214. The Morgan fingerprint density at radius 3 is 2.75 bits per heavy atom. The van der Waals surface area contributed by atoms with E-state index in [1.165, 1.54) is 18.1 Å². The summed E-state index contributed by atoms with van der Waals surface area (Å²) in [6, 6.07) is 7.64. The number of aromatic carboxylic acids is 1. The molecular formula is C14H14ClN3O2. The number of aromatic nitrogens is 2. The highest BCUT2D eigenvalue weighted by molar-refractivity contribution is 6.30. The second-order valence-electron chi connectivity index (χ2n) is 4.24. The van der Waals surface area contributed by atoms with E-state index in [1.54, 1.807) is 0 Å². The van der Waals surface area contributed by atoms with Crippen LogP contribution >= 0.6 is 11.6 Å². The molecular weight excluding hydrogens is 278 g/mol. The van der Waals surface area contributed by atoms with E-state index < -0.39 is 5.97 Å². The summed E-state index contributed by atoms with van der Waals surface area (Å²) in [7, 11) is 0. The van der Waals surface area contributed by atoms with Crippen molar-refractivity contribution in [2.24, 2.45) is 0 Å². The highest BCUT2D eigenvalue weighted by Gasteiger charge is 2.10. The van der Waals surface area contributed by atoms with E-state index in [0.717, 1.165) is 13.0 Å². The summed E-state index contributed by atoms with van der Waals surface area (Å²) in [5, 5.41) is 12.9. The number of carbonyl (C=O) groups is 1. The highest BCUT2D eigenvalue weighted by Crippen LogP contribution is 2.09. The maximum absolute atomic E-state index is 11.0. The van der Waals surface area contributed by atoms with Gasteiger partial charge in [-0.2, -0.15) is 0 Å². The third-order valence-corrected chi connectivity index (χ3v) is 3.07. The fourth-order valence-corrected chi connectivity index (χ4v) is 1.89. The number of carboxylic acid groups (broad SMARTS) is 1. The molecule has 2 N–H and O–H groups in total. The number of hydrogen-bond donors (Lipinski definition) is 2. The summed E-state index contributed by atoms with van der Waals surface area (Å²) in [5.41, 5.74) is 1.79. The molecule has 0 atom stereocenters. The average molecular weight is 292 g/mol. The third kappa shape index (κ3) is 4.01. The van der Waals surface area contributed by atoms with Gasteiger partial charge in [-0.3, -0.25) is 0 Å². The molecule has 0 aliphatic carbocycles. The summed E-state index contributed by atoms with van der Waals surface area (Å²) in [6.45, 7) is 1.13. The maximum atomic E-state index is 11.0. The van der Waals surface area contributed by atoms with Crippen LogP contribution in [0.1, 0.15) is 21.6 Å². The Morgan fingerprint density at radius 1 is 1.30 bits per heavy atom. The van der Waals surface area contributed by atoms with Crippen molar-refractivity contribution < 1.29 is 9.90 Å². The van der Waals surface area contributed by atoms with Crippen LogP contribution in [0.3, 0.4) is 0 Å². The van der Waals surface area contributed by atoms with Crippen molar-refractivity contribution in [1.82, 2.24) is 15.3 Å². The number of nitrogens with one attached hydrogen (secondary N) is 1. The van der Waals surface area contributed by atoms with Crippen molar-refractivity contribution in [2.75, 3.05) is 6.54 Å². The van der Waals surface area contributed by atoms with Gasteiger partial charge < -0.3 is 10.4 Å². The standard InChI is InChI=1S/C14H14ClN3O2/c15-11-3-1-10(2-4-11)5-6-16-8-13-12(14(19)20)7-17-9-18-13/h1-4,7,9,16H,5-6,8H2,(H,19,20). The van der Waals surface area contributed by atoms with E-state index in [4.69, 9.17) is 16.7 Å². The molecule has 0 saturated heterocycles. The average Bonchev–Trinajstić information content (AvgIpc) is 2.46. The molecule has 0 aliphatic heterocycles. The first-order valence-electron chi connectivity index (χ1n) is 6.14. The zero-order chi connectivity index (χ0) is 14.4. The highest BCUT2D eigenvalue weighted by atomic mass is 35.5. The quantitative estimate of drug-likeness (QED) is 0.798. The third-order valence-electron chi connectivity index (χ3n) is 2.82. The molecule has 0 radical (unpaired) electrons. The number of rotatable bonds is 6. The van der Waals surface area contributed by atoms with Crippen LogP contribution in [-0.2, 0) is 13.0 Å². The van der Waals surface area contributed by atoms with Crippen LogP contribution < -0.4 is 5.32 Å². The molecule has 0 fully saturated rings. The van der Waals surface area contributed by atoms with E-state index in [-0.39, 0.29) is 5.56 Å². The largest absolute Gasteiger partial charge is 0.478 e. The van der Waals surface area contributed by atoms with Crippen molar-refractivity contribution in [1.29, 1.82) is 0 Å². The molecule has 0 bridgehead atoms. The molecule has 6 heteroatoms. The zero-order valence-corrected chi connectivity index (χ0v) is 11.5. The van der Waals surface area contributed by atoms with Crippen LogP contribution in [0.25, 0.3) is 0 Å². The Morgan fingerprint density at radius 2 is 2.05 bits per heavy atom. The zero-order valence-electron chi connectivity index (χ0n) is 10.7. The number of benzene rings is 1. The van der Waals surface area contributed by atoms with E-state index in [2.05, 4.69) is 15.3 Å². The number of halogens is 1. The van der Waals surface area contributed by atoms with Gasteiger partial charge in [0.05, 0.1) is 5.69 Å². The summed E-state index contributed by atoms with van der Waals surface area (Å²) >= 11 is 5.81. The SMILES string of the molecule is O=C(O)c1cncnc1CNCCc1ccc(Cl)cc1. The monoisotopic (exact) mass is 291 g/mol. The first-order valence-corrected chi connectivity index (χ1v) is 6.52. The van der Waals surface area contributed by atoms with Gasteiger partial charge in [-0.05, 0) is 30.7 Å². The molecule has 0 amide bonds. The molecule has 2 rings (SSSR count). The lowest BCUT2D eigenvalue weighted by Crippen LogP contribution is -2.19. The number of hydrogen-bond acceptors (Lipinski definition) is 4. The van der Waals surface area contributed by atoms with Crippen LogP contribution in [0.15, 0.2) is 36.8 Å². The normalized spacial score (nSPS) is 10.4. The molecule has 1 aromatic carbocycles. The van der Waals surface area contributed by atoms with Crippen LogP contribution in [0, 0.1) is 0 Å². The van der Waals surface area contributed by atoms with Crippen molar-refractivity contribution in [3.8, 4) is 0 Å². The lowest BCUT2D eigenvalue weighted by atomic mass is 10.1. The van der Waals surface area contributed by atoms with Crippen LogP contribution in [0.2, 0.25) is 5.02 Å². The molecule has 0 spiro atoms. The van der Waals surface area contributed by atoms with E-state index in [9.17, 15) is 4.79 Å². The van der Waals surface area contributed by atoms with Gasteiger partial charge in [-0.1, -0.05) is 23.7 Å². The molecule has 20 heavy (non-hydrogen) atoms. The van der Waals surface area contributed by atoms with E-state index in [1.807, 2.05) is 24.3 Å². The van der Waals surface area contributed by atoms with Crippen LogP contribution in [0.4, 0.5) is 0 Å². The number of nitrogens with zero attached hydrogens (tertiary/aromatic N) is 2. The van der Waals surface area contributed by atoms with Gasteiger partial charge in [0.2, 0.25) is 0 Å². The van der Waals surface area contributed by atoms with Gasteiger partial charge in [-0.25, -0.2) is 14.8 Å². The fourth-order valence-electron chi connectivity index (χ4n) is 1.77. The lowest BCUT2D eigenvalue weighted by Gasteiger charge is -2.06. The molecule has 5 nitrogen and oxygen atoms in total. The lowest BCUT2D eigenvalue weighted by molar-refractivity contribution is 0.0694. The molecule has 2 aromatic rings. The smallest absolute Gasteiger partial charge is 0.339 e. The minimum atomic E-state index is -1.01. The Balaban J connectivity index is 1.84. The van der Waals surface area contributed by atoms with Gasteiger partial charge >= 0.3 is 5.97 Å². The van der Waals surface area contributed by atoms with Crippen molar-refractivity contribution >= 4 is 17.6 Å². The Labute approximate surface area is 121 Å². The minimum absolute atomic E-state index is 0.131. The van der Waals surface area contributed by atoms with Crippen molar-refractivity contribution in [3.63, 3.8) is 0 Å². The molecule has 0 aliphatic rings. The summed E-state index contributed by atoms with van der Waals surface area (Å²) < 4.78 is 0. The van der Waals surface area contributed by atoms with Crippen molar-refractivity contribution in [2.45, 2.75) is 13.0 Å². The van der Waals surface area contributed by atoms with E-state index in [0.29, 0.717) is 17.3 Å². The van der Waals surface area contributed by atoms with Gasteiger partial charge in [0.1, 0.15) is 11.9 Å². The van der Waals surface area contributed by atoms with Crippen molar-refractivity contribution in [3.05, 3.63) is 58.6 Å².